The second kappa shape index (κ2) is 7.38. The number of halogens is 1. The zero-order chi connectivity index (χ0) is 16.1. The molecule has 2 aromatic rings. The first-order valence-corrected chi connectivity index (χ1v) is 7.84. The van der Waals surface area contributed by atoms with Crippen molar-refractivity contribution in [1.29, 1.82) is 0 Å². The number of carbonyl (C=O) groups excluding carboxylic acids is 1. The van der Waals surface area contributed by atoms with Gasteiger partial charge in [0.25, 0.3) is 0 Å². The third-order valence-corrected chi connectivity index (χ3v) is 4.48. The summed E-state index contributed by atoms with van der Waals surface area (Å²) in [5.41, 5.74) is 0.778. The van der Waals surface area contributed by atoms with Crippen LogP contribution in [0.25, 0.3) is 0 Å². The van der Waals surface area contributed by atoms with Gasteiger partial charge in [0.05, 0.1) is 17.5 Å². The van der Waals surface area contributed by atoms with Crippen LogP contribution in [0.1, 0.15) is 23.4 Å². The zero-order valence-electron chi connectivity index (χ0n) is 12.2. The number of phenolic OH excluding ortho intramolecular Hbond substituents is 1. The van der Waals surface area contributed by atoms with E-state index in [1.165, 1.54) is 18.4 Å². The first kappa shape index (κ1) is 16.5. The quantitative estimate of drug-likeness (QED) is 0.777. The maximum Gasteiger partial charge on any atom is 0.315 e. The van der Waals surface area contributed by atoms with Crippen LogP contribution in [0.4, 0.5) is 4.79 Å². The molecule has 3 N–H and O–H groups in total. The normalized spacial score (nSPS) is 11.8. The van der Waals surface area contributed by atoms with Gasteiger partial charge < -0.3 is 20.5 Å². The van der Waals surface area contributed by atoms with Gasteiger partial charge in [-0.15, -0.1) is 11.3 Å². The van der Waals surface area contributed by atoms with E-state index in [4.69, 9.17) is 16.3 Å². The summed E-state index contributed by atoms with van der Waals surface area (Å²) in [6.45, 7) is 2.20. The van der Waals surface area contributed by atoms with Crippen molar-refractivity contribution in [3.8, 4) is 11.5 Å². The Morgan fingerprint density at radius 2 is 2.18 bits per heavy atom. The topological polar surface area (TPSA) is 70.6 Å². The molecule has 2 amide bonds. The Balaban J connectivity index is 1.86. The van der Waals surface area contributed by atoms with E-state index < -0.39 is 0 Å². The molecular weight excluding hydrogens is 324 g/mol. The molecule has 0 aliphatic rings. The van der Waals surface area contributed by atoms with E-state index in [1.807, 2.05) is 13.0 Å². The number of amides is 2. The smallest absolute Gasteiger partial charge is 0.315 e. The SMILES string of the molecule is COc1ccc(CNC(=O)NC(C)c2ccc(Cl)s2)cc1O. The van der Waals surface area contributed by atoms with Gasteiger partial charge in [-0.2, -0.15) is 0 Å². The number of rotatable bonds is 5. The van der Waals surface area contributed by atoms with E-state index in [0.29, 0.717) is 16.6 Å². The van der Waals surface area contributed by atoms with Crippen LogP contribution in [-0.4, -0.2) is 18.2 Å². The van der Waals surface area contributed by atoms with Crippen LogP contribution in [0.15, 0.2) is 30.3 Å². The van der Waals surface area contributed by atoms with E-state index in [2.05, 4.69) is 10.6 Å². The van der Waals surface area contributed by atoms with Crippen molar-refractivity contribution < 1.29 is 14.6 Å². The number of aromatic hydroxyl groups is 1. The number of thiophene rings is 1. The van der Waals surface area contributed by atoms with Gasteiger partial charge in [-0.3, -0.25) is 0 Å². The predicted octanol–water partition coefficient (Wildman–Crippen LogP) is 3.68. The first-order valence-electron chi connectivity index (χ1n) is 6.65. The Hall–Kier alpha value is -1.92. The summed E-state index contributed by atoms with van der Waals surface area (Å²) in [5.74, 6) is 0.445. The van der Waals surface area contributed by atoms with Crippen molar-refractivity contribution in [2.45, 2.75) is 19.5 Å². The van der Waals surface area contributed by atoms with Crippen LogP contribution in [0.3, 0.4) is 0 Å². The van der Waals surface area contributed by atoms with Crippen LogP contribution < -0.4 is 15.4 Å². The average molecular weight is 341 g/mol. The van der Waals surface area contributed by atoms with Crippen LogP contribution in [0.5, 0.6) is 11.5 Å². The number of phenols is 1. The highest BCUT2D eigenvalue weighted by Gasteiger charge is 2.11. The van der Waals surface area contributed by atoms with Gasteiger partial charge in [0, 0.05) is 11.4 Å². The predicted molar refractivity (Wildman–Crippen MR) is 87.8 cm³/mol. The molecule has 1 aromatic carbocycles. The van der Waals surface area contributed by atoms with Crippen LogP contribution in [-0.2, 0) is 6.54 Å². The molecule has 0 saturated heterocycles. The largest absolute Gasteiger partial charge is 0.504 e. The lowest BCUT2D eigenvalue weighted by Crippen LogP contribution is -2.36. The minimum Gasteiger partial charge on any atom is -0.504 e. The molecule has 1 aromatic heterocycles. The molecule has 0 spiro atoms. The number of hydrogen-bond acceptors (Lipinski definition) is 4. The van der Waals surface area contributed by atoms with Crippen LogP contribution in [0, 0.1) is 0 Å². The van der Waals surface area contributed by atoms with Crippen molar-refractivity contribution in [1.82, 2.24) is 10.6 Å². The lowest BCUT2D eigenvalue weighted by Gasteiger charge is -2.13. The molecule has 0 aliphatic heterocycles. The van der Waals surface area contributed by atoms with Crippen molar-refractivity contribution in [3.05, 3.63) is 45.1 Å². The standard InChI is InChI=1S/C15H17ClN2O3S/c1-9(13-5-6-14(16)22-13)18-15(20)17-8-10-3-4-12(21-2)11(19)7-10/h3-7,9,19H,8H2,1-2H3,(H2,17,18,20). The third-order valence-electron chi connectivity index (χ3n) is 3.06. The first-order chi connectivity index (χ1) is 10.5. The summed E-state index contributed by atoms with van der Waals surface area (Å²) in [7, 11) is 1.48. The second-order valence-corrected chi connectivity index (χ2v) is 6.44. The summed E-state index contributed by atoms with van der Waals surface area (Å²) in [4.78, 5) is 12.9. The molecule has 0 fully saturated rings. The lowest BCUT2D eigenvalue weighted by atomic mass is 10.2. The summed E-state index contributed by atoms with van der Waals surface area (Å²) in [6.07, 6.45) is 0. The van der Waals surface area contributed by atoms with E-state index in [-0.39, 0.29) is 17.8 Å². The highest BCUT2D eigenvalue weighted by molar-refractivity contribution is 7.16. The summed E-state index contributed by atoms with van der Waals surface area (Å²) in [5, 5.41) is 15.3. The van der Waals surface area contributed by atoms with Gasteiger partial charge in [-0.1, -0.05) is 17.7 Å². The fourth-order valence-electron chi connectivity index (χ4n) is 1.91. The Bertz CT molecular complexity index is 660. The molecule has 7 heteroatoms. The van der Waals surface area contributed by atoms with Gasteiger partial charge in [-0.25, -0.2) is 4.79 Å². The van der Waals surface area contributed by atoms with Crippen molar-refractivity contribution >= 4 is 29.0 Å². The number of carbonyl (C=O) groups is 1. The summed E-state index contributed by atoms with van der Waals surface area (Å²) < 4.78 is 5.66. The molecule has 0 radical (unpaired) electrons. The van der Waals surface area contributed by atoms with Crippen molar-refractivity contribution in [2.75, 3.05) is 7.11 Å². The molecular formula is C15H17ClN2O3S. The molecule has 22 heavy (non-hydrogen) atoms. The molecule has 0 aliphatic carbocycles. The monoisotopic (exact) mass is 340 g/mol. The number of ether oxygens (including phenoxy) is 1. The second-order valence-electron chi connectivity index (χ2n) is 4.70. The Morgan fingerprint density at radius 1 is 1.41 bits per heavy atom. The maximum atomic E-state index is 11.9. The zero-order valence-corrected chi connectivity index (χ0v) is 13.8. The molecule has 1 atom stereocenters. The van der Waals surface area contributed by atoms with Gasteiger partial charge in [-0.05, 0) is 36.8 Å². The number of methoxy groups -OCH3 is 1. The van der Waals surface area contributed by atoms with Crippen LogP contribution >= 0.6 is 22.9 Å². The van der Waals surface area contributed by atoms with Gasteiger partial charge >= 0.3 is 6.03 Å². The highest BCUT2D eigenvalue weighted by Crippen LogP contribution is 2.27. The third kappa shape index (κ3) is 4.29. The Kier molecular flexibility index (Phi) is 5.51. The number of urea groups is 1. The van der Waals surface area contributed by atoms with Crippen LogP contribution in [0.2, 0.25) is 4.34 Å². The number of benzene rings is 1. The molecule has 2 rings (SSSR count). The molecule has 0 saturated carbocycles. The van der Waals surface area contributed by atoms with Crippen molar-refractivity contribution in [3.63, 3.8) is 0 Å². The van der Waals surface area contributed by atoms with E-state index >= 15 is 0 Å². The molecule has 5 nitrogen and oxygen atoms in total. The maximum absolute atomic E-state index is 11.9. The summed E-state index contributed by atoms with van der Waals surface area (Å²) in [6, 6.07) is 8.27. The summed E-state index contributed by atoms with van der Waals surface area (Å²) >= 11 is 7.31. The van der Waals surface area contributed by atoms with Gasteiger partial charge in [0.2, 0.25) is 0 Å². The minimum absolute atomic E-state index is 0.0452. The van der Waals surface area contributed by atoms with Gasteiger partial charge in [0.1, 0.15) is 0 Å². The average Bonchev–Trinajstić information content (AvgIpc) is 2.92. The minimum atomic E-state index is -0.285. The van der Waals surface area contributed by atoms with Gasteiger partial charge in [0.15, 0.2) is 11.5 Å². The highest BCUT2D eigenvalue weighted by atomic mass is 35.5. The molecule has 1 unspecified atom stereocenters. The number of nitrogens with one attached hydrogen (secondary N) is 2. The lowest BCUT2D eigenvalue weighted by molar-refractivity contribution is 0.237. The van der Waals surface area contributed by atoms with Crippen molar-refractivity contribution in [2.24, 2.45) is 0 Å². The fraction of sp³-hybridized carbons (Fsp3) is 0.267. The Labute approximate surface area is 137 Å². The fourth-order valence-corrected chi connectivity index (χ4v) is 2.97. The van der Waals surface area contributed by atoms with E-state index in [0.717, 1.165) is 10.4 Å². The number of hydrogen-bond donors (Lipinski definition) is 3. The Morgan fingerprint density at radius 3 is 2.77 bits per heavy atom. The van der Waals surface area contributed by atoms with E-state index in [1.54, 1.807) is 24.3 Å². The molecule has 0 bridgehead atoms. The van der Waals surface area contributed by atoms with E-state index in [9.17, 15) is 9.90 Å². The molecule has 118 valence electrons. The molecule has 1 heterocycles.